The van der Waals surface area contributed by atoms with Gasteiger partial charge in [0.2, 0.25) is 0 Å². The van der Waals surface area contributed by atoms with Crippen LogP contribution >= 0.6 is 11.6 Å². The van der Waals surface area contributed by atoms with Crippen LogP contribution in [0.25, 0.3) is 11.1 Å². The Kier molecular flexibility index (Phi) is 4.25. The molecule has 0 spiro atoms. The van der Waals surface area contributed by atoms with E-state index in [9.17, 15) is 0 Å². The van der Waals surface area contributed by atoms with Crippen molar-refractivity contribution in [3.63, 3.8) is 0 Å². The van der Waals surface area contributed by atoms with E-state index in [1.807, 2.05) is 25.1 Å². The number of halogens is 1. The van der Waals surface area contributed by atoms with E-state index >= 15 is 0 Å². The van der Waals surface area contributed by atoms with Crippen molar-refractivity contribution < 1.29 is 4.42 Å². The number of hydrogen-bond acceptors (Lipinski definition) is 3. The minimum Gasteiger partial charge on any atom is -0.440 e. The fraction of sp³-hybridized carbons (Fsp3) is 0.500. The molecule has 1 aromatic heterocycles. The van der Waals surface area contributed by atoms with Gasteiger partial charge in [0, 0.05) is 17.0 Å². The molecule has 3 nitrogen and oxygen atoms in total. The van der Waals surface area contributed by atoms with Crippen LogP contribution in [0.3, 0.4) is 0 Å². The van der Waals surface area contributed by atoms with E-state index in [0.717, 1.165) is 36.3 Å². The third-order valence-electron chi connectivity index (χ3n) is 3.08. The van der Waals surface area contributed by atoms with E-state index in [0.29, 0.717) is 10.9 Å². The number of rotatable bonds is 5. The number of nitrogens with two attached hydrogens (primary N) is 1. The van der Waals surface area contributed by atoms with Gasteiger partial charge in [-0.15, -0.1) is 0 Å². The van der Waals surface area contributed by atoms with Gasteiger partial charge in [0.1, 0.15) is 5.52 Å². The molecule has 1 heterocycles. The van der Waals surface area contributed by atoms with Crippen LogP contribution in [0.15, 0.2) is 22.6 Å². The molecule has 2 rings (SSSR count). The zero-order valence-corrected chi connectivity index (χ0v) is 11.6. The monoisotopic (exact) mass is 266 g/mol. The first kappa shape index (κ1) is 13.4. The van der Waals surface area contributed by atoms with E-state index in [4.69, 9.17) is 21.8 Å². The lowest BCUT2D eigenvalue weighted by Gasteiger charge is -2.08. The summed E-state index contributed by atoms with van der Waals surface area (Å²) < 4.78 is 5.74. The minimum atomic E-state index is 0.264. The summed E-state index contributed by atoms with van der Waals surface area (Å²) in [5.74, 6) is 1.10. The van der Waals surface area contributed by atoms with E-state index < -0.39 is 0 Å². The molecular weight excluding hydrogens is 248 g/mol. The van der Waals surface area contributed by atoms with Crippen LogP contribution in [0.5, 0.6) is 0 Å². The molecule has 0 saturated carbocycles. The molecule has 18 heavy (non-hydrogen) atoms. The van der Waals surface area contributed by atoms with Crippen molar-refractivity contribution in [2.75, 3.05) is 0 Å². The van der Waals surface area contributed by atoms with E-state index in [1.54, 1.807) is 0 Å². The highest BCUT2D eigenvalue weighted by Gasteiger charge is 2.13. The molecule has 2 atom stereocenters. The first-order valence-electron chi connectivity index (χ1n) is 6.38. The van der Waals surface area contributed by atoms with E-state index in [-0.39, 0.29) is 6.04 Å². The molecule has 0 radical (unpaired) electrons. The highest BCUT2D eigenvalue weighted by Crippen LogP contribution is 2.26. The number of fused-ring (bicyclic) bond motifs is 1. The first-order chi connectivity index (χ1) is 8.56. The molecule has 0 fully saturated rings. The normalized spacial score (nSPS) is 14.9. The fourth-order valence-electron chi connectivity index (χ4n) is 2.00. The number of oxazole rings is 1. The standard InChI is InChI=1S/C14H19ClN2O/c1-9(4-3-5-10(2)16)14-17-12-8-11(15)6-7-13(12)18-14/h6-10H,3-5,16H2,1-2H3. The van der Waals surface area contributed by atoms with Gasteiger partial charge >= 0.3 is 0 Å². The van der Waals surface area contributed by atoms with E-state index in [1.165, 1.54) is 0 Å². The molecule has 0 aliphatic rings. The predicted molar refractivity (Wildman–Crippen MR) is 74.9 cm³/mol. The molecule has 2 unspecified atom stereocenters. The number of aromatic nitrogens is 1. The lowest BCUT2D eigenvalue weighted by atomic mass is 10.0. The summed E-state index contributed by atoms with van der Waals surface area (Å²) in [6.07, 6.45) is 3.18. The van der Waals surface area contributed by atoms with Crippen LogP contribution in [-0.2, 0) is 0 Å². The Morgan fingerprint density at radius 2 is 2.11 bits per heavy atom. The first-order valence-corrected chi connectivity index (χ1v) is 6.75. The van der Waals surface area contributed by atoms with Gasteiger partial charge in [0.25, 0.3) is 0 Å². The molecule has 0 bridgehead atoms. The Morgan fingerprint density at radius 1 is 1.33 bits per heavy atom. The van der Waals surface area contributed by atoms with Gasteiger partial charge in [-0.25, -0.2) is 4.98 Å². The molecule has 2 N–H and O–H groups in total. The second-order valence-corrected chi connectivity index (χ2v) is 5.41. The summed E-state index contributed by atoms with van der Waals surface area (Å²) in [6, 6.07) is 5.78. The Balaban J connectivity index is 2.06. The fourth-order valence-corrected chi connectivity index (χ4v) is 2.17. The van der Waals surface area contributed by atoms with Crippen LogP contribution in [0.2, 0.25) is 5.02 Å². The Labute approximate surface area is 112 Å². The van der Waals surface area contributed by atoms with E-state index in [2.05, 4.69) is 11.9 Å². The molecule has 0 aliphatic heterocycles. The van der Waals surface area contributed by atoms with Crippen molar-refractivity contribution >= 4 is 22.7 Å². The maximum absolute atomic E-state index is 5.93. The largest absolute Gasteiger partial charge is 0.440 e. The number of hydrogen-bond donors (Lipinski definition) is 1. The van der Waals surface area contributed by atoms with Crippen LogP contribution in [-0.4, -0.2) is 11.0 Å². The van der Waals surface area contributed by atoms with Gasteiger partial charge < -0.3 is 10.2 Å². The van der Waals surface area contributed by atoms with Crippen molar-refractivity contribution in [2.24, 2.45) is 5.73 Å². The molecule has 2 aromatic rings. The summed E-state index contributed by atoms with van der Waals surface area (Å²) in [4.78, 5) is 4.49. The Bertz CT molecular complexity index is 521. The van der Waals surface area contributed by atoms with Crippen molar-refractivity contribution in [2.45, 2.75) is 45.1 Å². The maximum Gasteiger partial charge on any atom is 0.198 e. The zero-order valence-electron chi connectivity index (χ0n) is 10.8. The van der Waals surface area contributed by atoms with Crippen LogP contribution in [0, 0.1) is 0 Å². The highest BCUT2D eigenvalue weighted by atomic mass is 35.5. The molecule has 1 aromatic carbocycles. The molecule has 98 valence electrons. The second-order valence-electron chi connectivity index (χ2n) is 4.97. The molecule has 0 aliphatic carbocycles. The zero-order chi connectivity index (χ0) is 13.1. The smallest absolute Gasteiger partial charge is 0.198 e. The second kappa shape index (κ2) is 5.72. The lowest BCUT2D eigenvalue weighted by Crippen LogP contribution is -2.14. The lowest BCUT2D eigenvalue weighted by molar-refractivity contribution is 0.452. The number of nitrogens with zero attached hydrogens (tertiary/aromatic N) is 1. The number of benzene rings is 1. The van der Waals surface area contributed by atoms with Gasteiger partial charge in [-0.3, -0.25) is 0 Å². The topological polar surface area (TPSA) is 52.0 Å². The average Bonchev–Trinajstić information content (AvgIpc) is 2.71. The van der Waals surface area contributed by atoms with Crippen LogP contribution < -0.4 is 5.73 Å². The summed E-state index contributed by atoms with van der Waals surface area (Å²) in [7, 11) is 0. The predicted octanol–water partition coefficient (Wildman–Crippen LogP) is 4.10. The highest BCUT2D eigenvalue weighted by molar-refractivity contribution is 6.31. The van der Waals surface area contributed by atoms with Gasteiger partial charge in [-0.1, -0.05) is 24.9 Å². The molecule has 0 amide bonds. The summed E-state index contributed by atoms with van der Waals surface area (Å²) in [6.45, 7) is 4.17. The quantitative estimate of drug-likeness (QED) is 0.886. The SMILES string of the molecule is CC(N)CCCC(C)c1nc2cc(Cl)ccc2o1. The van der Waals surface area contributed by atoms with Gasteiger partial charge in [0.15, 0.2) is 11.5 Å². The van der Waals surface area contributed by atoms with Gasteiger partial charge in [-0.2, -0.15) is 0 Å². The van der Waals surface area contributed by atoms with Crippen molar-refractivity contribution in [1.82, 2.24) is 4.98 Å². The molecular formula is C14H19ClN2O. The minimum absolute atomic E-state index is 0.264. The van der Waals surface area contributed by atoms with Crippen molar-refractivity contribution in [3.05, 3.63) is 29.1 Å². The van der Waals surface area contributed by atoms with Crippen LogP contribution in [0.4, 0.5) is 0 Å². The molecule has 4 heteroatoms. The van der Waals surface area contributed by atoms with Gasteiger partial charge in [-0.05, 0) is 38.0 Å². The Hall–Kier alpha value is -1.06. The third-order valence-corrected chi connectivity index (χ3v) is 3.32. The van der Waals surface area contributed by atoms with Crippen molar-refractivity contribution in [1.29, 1.82) is 0 Å². The van der Waals surface area contributed by atoms with Gasteiger partial charge in [0.05, 0.1) is 0 Å². The summed E-state index contributed by atoms with van der Waals surface area (Å²) >= 11 is 5.93. The van der Waals surface area contributed by atoms with Crippen molar-refractivity contribution in [3.8, 4) is 0 Å². The summed E-state index contributed by atoms with van der Waals surface area (Å²) in [5, 5.41) is 0.687. The third kappa shape index (κ3) is 3.24. The Morgan fingerprint density at radius 3 is 2.83 bits per heavy atom. The van der Waals surface area contributed by atoms with Crippen LogP contribution in [0.1, 0.15) is 44.9 Å². The average molecular weight is 267 g/mol. The summed E-state index contributed by atoms with van der Waals surface area (Å²) in [5.41, 5.74) is 7.37. The molecule has 0 saturated heterocycles. The maximum atomic E-state index is 5.93.